The van der Waals surface area contributed by atoms with Crippen LogP contribution in [0, 0.1) is 11.3 Å². The number of carbonyl (C=O) groups excluding carboxylic acids is 3. The molecule has 170 valence electrons. The zero-order valence-electron chi connectivity index (χ0n) is 18.8. The molecule has 1 atom stereocenters. The van der Waals surface area contributed by atoms with E-state index in [2.05, 4.69) is 0 Å². The molecule has 3 rings (SSSR count). The number of ether oxygens (including phenoxy) is 1. The molecule has 0 saturated carbocycles. The van der Waals surface area contributed by atoms with Crippen molar-refractivity contribution in [3.8, 4) is 17.4 Å². The number of nitrogens with zero attached hydrogens (tertiary/aromatic N) is 2. The highest BCUT2D eigenvalue weighted by Gasteiger charge is 2.36. The molecule has 0 aliphatic carbocycles. The molecule has 1 aromatic carbocycles. The molecule has 1 aromatic heterocycles. The molecule has 0 spiro atoms. The highest BCUT2D eigenvalue weighted by atomic mass is 16.5. The zero-order valence-corrected chi connectivity index (χ0v) is 18.8. The number of esters is 1. The second kappa shape index (κ2) is 9.67. The van der Waals surface area contributed by atoms with E-state index < -0.39 is 23.9 Å². The number of furan rings is 1. The van der Waals surface area contributed by atoms with Gasteiger partial charge >= 0.3 is 5.97 Å². The van der Waals surface area contributed by atoms with E-state index in [1.165, 1.54) is 19.9 Å². The Morgan fingerprint density at radius 2 is 1.82 bits per heavy atom. The second-order valence-corrected chi connectivity index (χ2v) is 7.97. The van der Waals surface area contributed by atoms with Crippen LogP contribution in [-0.4, -0.2) is 46.5 Å². The van der Waals surface area contributed by atoms with Gasteiger partial charge in [0.2, 0.25) is 0 Å². The van der Waals surface area contributed by atoms with Gasteiger partial charge in [-0.25, -0.2) is 4.79 Å². The molecule has 0 bridgehead atoms. The molecular formula is C25H24N2O6. The predicted octanol–water partition coefficient (Wildman–Crippen LogP) is 3.48. The third kappa shape index (κ3) is 5.10. The summed E-state index contributed by atoms with van der Waals surface area (Å²) >= 11 is 0. The molecular weight excluding hydrogens is 424 g/mol. The summed E-state index contributed by atoms with van der Waals surface area (Å²) in [5, 5.41) is 19.1. The molecule has 1 N–H and O–H groups in total. The molecule has 0 saturated heterocycles. The molecule has 2 amide bonds. The number of benzene rings is 1. The van der Waals surface area contributed by atoms with E-state index in [1.807, 2.05) is 6.07 Å². The van der Waals surface area contributed by atoms with E-state index in [1.54, 1.807) is 50.2 Å². The van der Waals surface area contributed by atoms with Gasteiger partial charge in [0.05, 0.1) is 24.3 Å². The van der Waals surface area contributed by atoms with Crippen LogP contribution in [0.25, 0.3) is 17.4 Å². The SMILES string of the molecule is CC1=C(C#N)C(=O)N(CC(C)O)C(=O)C1=Cc1ccc(-c2ccc(C(=O)OC(C)C)cc2)o1. The maximum Gasteiger partial charge on any atom is 0.338 e. The van der Waals surface area contributed by atoms with Crippen molar-refractivity contribution in [3.05, 3.63) is 64.4 Å². The van der Waals surface area contributed by atoms with Crippen LogP contribution in [0.1, 0.15) is 43.8 Å². The summed E-state index contributed by atoms with van der Waals surface area (Å²) in [6.07, 6.45) is 0.314. The van der Waals surface area contributed by atoms with E-state index in [0.717, 1.165) is 4.90 Å². The summed E-state index contributed by atoms with van der Waals surface area (Å²) in [4.78, 5) is 38.2. The van der Waals surface area contributed by atoms with Crippen LogP contribution < -0.4 is 0 Å². The largest absolute Gasteiger partial charge is 0.459 e. The number of hydrogen-bond acceptors (Lipinski definition) is 7. The fourth-order valence-corrected chi connectivity index (χ4v) is 3.34. The molecule has 1 aliphatic heterocycles. The van der Waals surface area contributed by atoms with Gasteiger partial charge in [-0.2, -0.15) is 5.26 Å². The van der Waals surface area contributed by atoms with Crippen molar-refractivity contribution in [2.75, 3.05) is 6.54 Å². The second-order valence-electron chi connectivity index (χ2n) is 7.97. The number of aliphatic hydroxyl groups is 1. The molecule has 0 fully saturated rings. The van der Waals surface area contributed by atoms with E-state index in [4.69, 9.17) is 9.15 Å². The lowest BCUT2D eigenvalue weighted by atomic mass is 9.94. The molecule has 1 aliphatic rings. The Hall–Kier alpha value is -3.96. The molecule has 33 heavy (non-hydrogen) atoms. The van der Waals surface area contributed by atoms with Crippen LogP contribution in [0.15, 0.2) is 57.5 Å². The van der Waals surface area contributed by atoms with Crippen molar-refractivity contribution in [1.82, 2.24) is 4.90 Å². The van der Waals surface area contributed by atoms with Crippen molar-refractivity contribution in [2.45, 2.75) is 39.9 Å². The van der Waals surface area contributed by atoms with Crippen LogP contribution in [0.3, 0.4) is 0 Å². The van der Waals surface area contributed by atoms with E-state index in [0.29, 0.717) is 22.6 Å². The average molecular weight is 448 g/mol. The van der Waals surface area contributed by atoms with Crippen LogP contribution in [0.2, 0.25) is 0 Å². The van der Waals surface area contributed by atoms with Crippen LogP contribution in [0.5, 0.6) is 0 Å². The standard InChI is InChI=1S/C25H24N2O6/c1-14(2)32-25(31)18-7-5-17(6-8-18)22-10-9-19(33-22)11-20-16(4)21(12-26)24(30)27(23(20)29)13-15(3)28/h5-11,14-15,28H,13H2,1-4H3. The Kier molecular flexibility index (Phi) is 6.95. The number of rotatable bonds is 6. The Bertz CT molecular complexity index is 1190. The number of nitriles is 1. The molecule has 2 heterocycles. The van der Waals surface area contributed by atoms with Gasteiger partial charge in [0, 0.05) is 11.1 Å². The lowest BCUT2D eigenvalue weighted by Crippen LogP contribution is -2.45. The minimum atomic E-state index is -0.937. The van der Waals surface area contributed by atoms with Gasteiger partial charge in [-0.1, -0.05) is 12.1 Å². The Balaban J connectivity index is 1.91. The lowest BCUT2D eigenvalue weighted by Gasteiger charge is -2.28. The van der Waals surface area contributed by atoms with Gasteiger partial charge in [0.25, 0.3) is 11.8 Å². The molecule has 1 unspecified atom stereocenters. The minimum Gasteiger partial charge on any atom is -0.459 e. The number of carbonyl (C=O) groups is 3. The van der Waals surface area contributed by atoms with Crippen LogP contribution >= 0.6 is 0 Å². The molecule has 8 nitrogen and oxygen atoms in total. The van der Waals surface area contributed by atoms with Crippen molar-refractivity contribution in [2.24, 2.45) is 0 Å². The van der Waals surface area contributed by atoms with Gasteiger partial charge in [-0.3, -0.25) is 14.5 Å². The first-order valence-corrected chi connectivity index (χ1v) is 10.4. The van der Waals surface area contributed by atoms with Crippen molar-refractivity contribution in [1.29, 1.82) is 5.26 Å². The molecule has 2 aromatic rings. The highest BCUT2D eigenvalue weighted by molar-refractivity contribution is 6.19. The van der Waals surface area contributed by atoms with Crippen LogP contribution in [0.4, 0.5) is 0 Å². The summed E-state index contributed by atoms with van der Waals surface area (Å²) in [6, 6.07) is 11.9. The average Bonchev–Trinajstić information content (AvgIpc) is 3.23. The fourth-order valence-electron chi connectivity index (χ4n) is 3.34. The third-order valence-electron chi connectivity index (χ3n) is 4.93. The summed E-state index contributed by atoms with van der Waals surface area (Å²) < 4.78 is 11.0. The Morgan fingerprint density at radius 1 is 1.15 bits per heavy atom. The maximum absolute atomic E-state index is 12.9. The summed E-state index contributed by atoms with van der Waals surface area (Å²) in [5.74, 6) is -0.894. The minimum absolute atomic E-state index is 0.138. The van der Waals surface area contributed by atoms with Crippen molar-refractivity contribution in [3.63, 3.8) is 0 Å². The van der Waals surface area contributed by atoms with Gasteiger partial charge in [0.15, 0.2) is 0 Å². The van der Waals surface area contributed by atoms with Crippen LogP contribution in [-0.2, 0) is 14.3 Å². The highest BCUT2D eigenvalue weighted by Crippen LogP contribution is 2.29. The first-order chi connectivity index (χ1) is 15.6. The lowest BCUT2D eigenvalue weighted by molar-refractivity contribution is -0.141. The maximum atomic E-state index is 12.9. The molecule has 0 radical (unpaired) electrons. The number of aliphatic hydroxyl groups excluding tert-OH is 1. The zero-order chi connectivity index (χ0) is 24.3. The van der Waals surface area contributed by atoms with Crippen molar-refractivity contribution >= 4 is 23.9 Å². The number of β-amino-alcohol motifs (C(OH)–C–C–N with tert-alkyl or cyclic N) is 1. The number of hydrogen-bond donors (Lipinski definition) is 1. The molecule has 8 heteroatoms. The Labute approximate surface area is 191 Å². The first-order valence-electron chi connectivity index (χ1n) is 10.4. The number of amides is 2. The van der Waals surface area contributed by atoms with Crippen molar-refractivity contribution < 1.29 is 28.6 Å². The normalized spacial score (nSPS) is 16.4. The topological polar surface area (TPSA) is 121 Å². The Morgan fingerprint density at radius 3 is 2.39 bits per heavy atom. The third-order valence-corrected chi connectivity index (χ3v) is 4.93. The first kappa shape index (κ1) is 23.7. The smallest absolute Gasteiger partial charge is 0.338 e. The predicted molar refractivity (Wildman–Crippen MR) is 119 cm³/mol. The quantitative estimate of drug-likeness (QED) is 0.408. The van der Waals surface area contributed by atoms with E-state index >= 15 is 0 Å². The summed E-state index contributed by atoms with van der Waals surface area (Å²) in [6.45, 7) is 6.31. The summed E-state index contributed by atoms with van der Waals surface area (Å²) in [7, 11) is 0. The number of imide groups is 1. The fraction of sp³-hybridized carbons (Fsp3) is 0.280. The summed E-state index contributed by atoms with van der Waals surface area (Å²) in [5.41, 5.74) is 1.37. The monoisotopic (exact) mass is 448 g/mol. The van der Waals surface area contributed by atoms with Gasteiger partial charge < -0.3 is 14.3 Å². The van der Waals surface area contributed by atoms with E-state index in [-0.39, 0.29) is 29.4 Å². The van der Waals surface area contributed by atoms with E-state index in [9.17, 15) is 24.8 Å². The van der Waals surface area contributed by atoms with Gasteiger partial charge in [-0.05, 0) is 63.6 Å². The van der Waals surface area contributed by atoms with Gasteiger partial charge in [0.1, 0.15) is 23.2 Å². The van der Waals surface area contributed by atoms with Gasteiger partial charge in [-0.15, -0.1) is 0 Å².